The molecule has 2 aliphatic rings. The van der Waals surface area contributed by atoms with Crippen molar-refractivity contribution in [3.05, 3.63) is 47.5 Å². The molecule has 2 heterocycles. The lowest BCUT2D eigenvalue weighted by Gasteiger charge is -2.30. The monoisotopic (exact) mass is 428 g/mol. The smallest absolute Gasteiger partial charge is 0.262 e. The lowest BCUT2D eigenvalue weighted by atomic mass is 10.0. The van der Waals surface area contributed by atoms with Crippen LogP contribution in [0.5, 0.6) is 5.75 Å². The Morgan fingerprint density at radius 3 is 2.83 bits per heavy atom. The number of carbonyl (C=O) groups excluding carboxylic acids is 2. The van der Waals surface area contributed by atoms with E-state index in [2.05, 4.69) is 5.32 Å². The van der Waals surface area contributed by atoms with Gasteiger partial charge in [0.1, 0.15) is 5.75 Å². The van der Waals surface area contributed by atoms with Crippen molar-refractivity contribution in [3.63, 3.8) is 0 Å². The lowest BCUT2D eigenvalue weighted by molar-refractivity contribution is -0.119. The molecule has 0 fully saturated rings. The first-order valence-corrected chi connectivity index (χ1v) is 11.5. The molecule has 8 heteroatoms. The number of ether oxygens (including phenoxy) is 1. The van der Waals surface area contributed by atoms with Gasteiger partial charge in [-0.3, -0.25) is 9.59 Å². The zero-order valence-corrected chi connectivity index (χ0v) is 17.8. The van der Waals surface area contributed by atoms with Crippen LogP contribution in [0.2, 0.25) is 0 Å². The van der Waals surface area contributed by atoms with Gasteiger partial charge in [-0.2, -0.15) is 0 Å². The first-order chi connectivity index (χ1) is 14.3. The summed E-state index contributed by atoms with van der Waals surface area (Å²) in [6.45, 7) is 3.67. The van der Waals surface area contributed by atoms with Crippen molar-refractivity contribution in [1.82, 2.24) is 0 Å². The van der Waals surface area contributed by atoms with Gasteiger partial charge < -0.3 is 15.0 Å². The number of hydrogen-bond acceptors (Lipinski definition) is 5. The normalized spacial score (nSPS) is 16.7. The van der Waals surface area contributed by atoms with Crippen LogP contribution in [0.15, 0.2) is 41.3 Å². The van der Waals surface area contributed by atoms with Crippen molar-refractivity contribution in [1.29, 1.82) is 0 Å². The Kier molecular flexibility index (Phi) is 5.27. The SMILES string of the molecule is Cc1cc2c(cc1S(=O)(=O)[C@H](C)CC(=O)N1CCCc3ccccc31)OCC(=O)N2. The van der Waals surface area contributed by atoms with Crippen LogP contribution < -0.4 is 15.0 Å². The molecule has 0 aromatic heterocycles. The maximum absolute atomic E-state index is 13.3. The molecule has 0 saturated carbocycles. The number of rotatable bonds is 4. The molecule has 30 heavy (non-hydrogen) atoms. The van der Waals surface area contributed by atoms with Gasteiger partial charge in [0.05, 0.1) is 15.8 Å². The van der Waals surface area contributed by atoms with E-state index >= 15 is 0 Å². The third kappa shape index (κ3) is 3.67. The van der Waals surface area contributed by atoms with E-state index in [1.165, 1.54) is 6.07 Å². The Morgan fingerprint density at radius 2 is 2.03 bits per heavy atom. The average Bonchev–Trinajstić information content (AvgIpc) is 2.72. The van der Waals surface area contributed by atoms with Gasteiger partial charge in [-0.25, -0.2) is 8.42 Å². The summed E-state index contributed by atoms with van der Waals surface area (Å²) in [5, 5.41) is 1.78. The fraction of sp³-hybridized carbons (Fsp3) is 0.364. The number of aryl methyl sites for hydroxylation is 2. The Bertz CT molecular complexity index is 1130. The molecule has 2 amide bonds. The minimum absolute atomic E-state index is 0.106. The number of benzene rings is 2. The minimum atomic E-state index is -3.77. The van der Waals surface area contributed by atoms with E-state index in [1.807, 2.05) is 24.3 Å². The first-order valence-electron chi connectivity index (χ1n) is 9.97. The Morgan fingerprint density at radius 1 is 1.27 bits per heavy atom. The van der Waals surface area contributed by atoms with Crippen molar-refractivity contribution < 1.29 is 22.7 Å². The Balaban J connectivity index is 1.57. The quantitative estimate of drug-likeness (QED) is 0.808. The highest BCUT2D eigenvalue weighted by atomic mass is 32.2. The topological polar surface area (TPSA) is 92.8 Å². The maximum Gasteiger partial charge on any atom is 0.262 e. The van der Waals surface area contributed by atoms with Gasteiger partial charge in [0, 0.05) is 24.7 Å². The summed E-state index contributed by atoms with van der Waals surface area (Å²) < 4.78 is 31.9. The van der Waals surface area contributed by atoms with Gasteiger partial charge in [0.2, 0.25) is 5.91 Å². The average molecular weight is 429 g/mol. The van der Waals surface area contributed by atoms with Crippen LogP contribution in [-0.2, 0) is 25.8 Å². The van der Waals surface area contributed by atoms with E-state index in [1.54, 1.807) is 24.8 Å². The van der Waals surface area contributed by atoms with Crippen LogP contribution >= 0.6 is 0 Å². The zero-order valence-electron chi connectivity index (χ0n) is 17.0. The van der Waals surface area contributed by atoms with Crippen LogP contribution in [0.3, 0.4) is 0 Å². The van der Waals surface area contributed by atoms with Crippen LogP contribution in [0.1, 0.15) is 30.9 Å². The van der Waals surface area contributed by atoms with E-state index in [4.69, 9.17) is 4.74 Å². The standard InChI is InChI=1S/C22H24N2O5S/c1-14-10-17-19(29-13-21(25)23-17)12-20(14)30(27,28)15(2)11-22(26)24-9-5-7-16-6-3-4-8-18(16)24/h3-4,6,8,10,12,15H,5,7,9,11,13H2,1-2H3,(H,23,25)/t15-/m1/s1. The lowest BCUT2D eigenvalue weighted by Crippen LogP contribution is -2.38. The van der Waals surface area contributed by atoms with Crippen molar-refractivity contribution >= 4 is 33.0 Å². The van der Waals surface area contributed by atoms with E-state index in [0.29, 0.717) is 23.5 Å². The van der Waals surface area contributed by atoms with Crippen LogP contribution in [0, 0.1) is 6.92 Å². The van der Waals surface area contributed by atoms with Crippen LogP contribution in [0.4, 0.5) is 11.4 Å². The molecule has 1 atom stereocenters. The van der Waals surface area contributed by atoms with Crippen LogP contribution in [-0.4, -0.2) is 38.6 Å². The molecular weight excluding hydrogens is 404 g/mol. The number of nitrogens with one attached hydrogen (secondary N) is 1. The molecule has 0 saturated heterocycles. The van der Waals surface area contributed by atoms with E-state index < -0.39 is 15.1 Å². The first kappa shape index (κ1) is 20.4. The van der Waals surface area contributed by atoms with Gasteiger partial charge in [-0.05, 0) is 49.9 Å². The molecule has 1 N–H and O–H groups in total. The molecule has 2 aliphatic heterocycles. The van der Waals surface area contributed by atoms with E-state index in [0.717, 1.165) is 24.1 Å². The van der Waals surface area contributed by atoms with Gasteiger partial charge in [0.25, 0.3) is 5.91 Å². The molecule has 2 aromatic carbocycles. The Hall–Kier alpha value is -2.87. The number of fused-ring (bicyclic) bond motifs is 2. The molecule has 0 radical (unpaired) electrons. The van der Waals surface area contributed by atoms with E-state index in [-0.39, 0.29) is 29.7 Å². The predicted molar refractivity (Wildman–Crippen MR) is 114 cm³/mol. The summed E-state index contributed by atoms with van der Waals surface area (Å²) in [5.41, 5.74) is 2.93. The number of para-hydroxylation sites is 1. The maximum atomic E-state index is 13.3. The van der Waals surface area contributed by atoms with Gasteiger partial charge in [0.15, 0.2) is 16.4 Å². The summed E-state index contributed by atoms with van der Waals surface area (Å²) >= 11 is 0. The molecule has 0 unspecified atom stereocenters. The third-order valence-corrected chi connectivity index (χ3v) is 7.90. The highest BCUT2D eigenvalue weighted by Crippen LogP contribution is 2.35. The molecule has 0 spiro atoms. The molecule has 158 valence electrons. The molecule has 7 nitrogen and oxygen atoms in total. The highest BCUT2D eigenvalue weighted by molar-refractivity contribution is 7.92. The largest absolute Gasteiger partial charge is 0.482 e. The molecule has 2 aromatic rings. The summed E-state index contributed by atoms with van der Waals surface area (Å²) in [4.78, 5) is 26.3. The summed E-state index contributed by atoms with van der Waals surface area (Å²) in [6, 6.07) is 10.8. The fourth-order valence-corrected chi connectivity index (χ4v) is 5.57. The number of carbonyl (C=O) groups is 2. The van der Waals surface area contributed by atoms with Crippen LogP contribution in [0.25, 0.3) is 0 Å². The van der Waals surface area contributed by atoms with Crippen molar-refractivity contribution in [2.45, 2.75) is 43.3 Å². The second kappa shape index (κ2) is 7.75. The number of anilines is 2. The predicted octanol–water partition coefficient (Wildman–Crippen LogP) is 2.86. The van der Waals surface area contributed by atoms with Crippen molar-refractivity contribution in [2.75, 3.05) is 23.4 Å². The second-order valence-corrected chi connectivity index (χ2v) is 10.1. The van der Waals surface area contributed by atoms with Gasteiger partial charge >= 0.3 is 0 Å². The Labute approximate surface area is 175 Å². The molecular formula is C22H24N2O5S. The van der Waals surface area contributed by atoms with Crippen molar-refractivity contribution in [2.24, 2.45) is 0 Å². The fourth-order valence-electron chi connectivity index (χ4n) is 4.00. The number of nitrogens with zero attached hydrogens (tertiary/aromatic N) is 1. The minimum Gasteiger partial charge on any atom is -0.482 e. The zero-order chi connectivity index (χ0) is 21.5. The molecule has 0 aliphatic carbocycles. The summed E-state index contributed by atoms with van der Waals surface area (Å²) in [6.07, 6.45) is 1.67. The number of amides is 2. The third-order valence-electron chi connectivity index (χ3n) is 5.62. The summed E-state index contributed by atoms with van der Waals surface area (Å²) in [5.74, 6) is -0.155. The van der Waals surface area contributed by atoms with Crippen molar-refractivity contribution in [3.8, 4) is 5.75 Å². The molecule has 0 bridgehead atoms. The summed E-state index contributed by atoms with van der Waals surface area (Å²) in [7, 11) is -3.77. The highest BCUT2D eigenvalue weighted by Gasteiger charge is 2.32. The van der Waals surface area contributed by atoms with Gasteiger partial charge in [-0.1, -0.05) is 18.2 Å². The number of hydrogen-bond donors (Lipinski definition) is 1. The number of sulfone groups is 1. The van der Waals surface area contributed by atoms with E-state index in [9.17, 15) is 18.0 Å². The van der Waals surface area contributed by atoms with Gasteiger partial charge in [-0.15, -0.1) is 0 Å². The molecule has 4 rings (SSSR count). The second-order valence-electron chi connectivity index (χ2n) is 7.79.